The van der Waals surface area contributed by atoms with Crippen molar-refractivity contribution in [2.45, 2.75) is 48.5 Å². The van der Waals surface area contributed by atoms with Crippen LogP contribution in [0.2, 0.25) is 10.0 Å². The highest BCUT2D eigenvalue weighted by molar-refractivity contribution is 8.55. The number of nitrogens with one attached hydrogen (secondary N) is 2. The number of terminal acetylenes is 2. The van der Waals surface area contributed by atoms with E-state index in [0.29, 0.717) is 23.7 Å². The van der Waals surface area contributed by atoms with E-state index in [4.69, 9.17) is 105 Å². The lowest BCUT2D eigenvalue weighted by atomic mass is 10.2. The van der Waals surface area contributed by atoms with Crippen LogP contribution in [0.5, 0.6) is 0 Å². The molecule has 0 saturated heterocycles. The molecule has 1 rings (SSSR count). The van der Waals surface area contributed by atoms with E-state index in [9.17, 15) is 55.9 Å². The largest absolute Gasteiger partial charge is 0.664 e. The summed E-state index contributed by atoms with van der Waals surface area (Å²) >= 11 is 34.6. The molecule has 4 amide bonds. The Morgan fingerprint density at radius 1 is 0.588 bits per heavy atom. The van der Waals surface area contributed by atoms with Crippen molar-refractivity contribution in [3.05, 3.63) is 96.4 Å². The highest BCUT2D eigenvalue weighted by Gasteiger charge is 2.34. The Bertz CT molecular complexity index is 3320. The van der Waals surface area contributed by atoms with Crippen molar-refractivity contribution >= 4 is 170 Å². The van der Waals surface area contributed by atoms with Gasteiger partial charge in [-0.05, 0) is 66.0 Å². The predicted molar refractivity (Wildman–Crippen MR) is 389 cm³/mol. The lowest BCUT2D eigenvalue weighted by Gasteiger charge is -2.20. The van der Waals surface area contributed by atoms with Crippen LogP contribution in [0, 0.1) is 25.1 Å². The number of phosphoric ester groups is 6. The molecule has 0 fully saturated rings. The molecule has 0 spiro atoms. The van der Waals surface area contributed by atoms with Gasteiger partial charge in [0.2, 0.25) is 17.7 Å². The van der Waals surface area contributed by atoms with Crippen LogP contribution in [0.3, 0.4) is 0 Å². The number of esters is 1. The van der Waals surface area contributed by atoms with Crippen molar-refractivity contribution in [2.24, 2.45) is 0 Å². The molecular weight excluding hydrogens is 1650 g/mol. The van der Waals surface area contributed by atoms with Crippen LogP contribution in [-0.2, 0) is 147 Å². The third-order valence-electron chi connectivity index (χ3n) is 9.55. The molecule has 590 valence electrons. The normalized spacial score (nSPS) is 12.5. The van der Waals surface area contributed by atoms with E-state index < -0.39 is 65.5 Å². The van der Waals surface area contributed by atoms with E-state index in [-0.39, 0.29) is 62.5 Å². The van der Waals surface area contributed by atoms with Crippen LogP contribution in [-0.4, -0.2) is 165 Å². The first-order valence-corrected chi connectivity index (χ1v) is 41.3. The lowest BCUT2D eigenvalue weighted by molar-refractivity contribution is -0.135. The molecule has 102 heavy (non-hydrogen) atoms. The predicted octanol–water partition coefficient (Wildman–Crippen LogP) is 15.7. The minimum atomic E-state index is -4.21. The Labute approximate surface area is 630 Å². The van der Waals surface area contributed by atoms with Gasteiger partial charge in [-0.3, -0.25) is 74.1 Å². The number of rotatable bonds is 34. The Balaban J connectivity index is -0.000000211. The van der Waals surface area contributed by atoms with E-state index in [2.05, 4.69) is 78.5 Å². The van der Waals surface area contributed by atoms with Crippen molar-refractivity contribution in [1.29, 1.82) is 0 Å². The number of allylic oxidation sites excluding steroid dienone is 4. The molecule has 1 atom stereocenters. The van der Waals surface area contributed by atoms with Crippen LogP contribution < -0.4 is 10.4 Å². The number of benzene rings is 1. The van der Waals surface area contributed by atoms with Gasteiger partial charge in [0.25, 0.3) is 5.91 Å². The highest BCUT2D eigenvalue weighted by atomic mass is 35.5. The van der Waals surface area contributed by atoms with Crippen LogP contribution in [0.25, 0.3) is 5.76 Å². The number of nitrogens with zero attached hydrogens (tertiary/aromatic N) is 2. The molecule has 1 aromatic carbocycles. The van der Waals surface area contributed by atoms with Crippen molar-refractivity contribution in [3.63, 3.8) is 0 Å². The molecule has 0 heterocycles. The van der Waals surface area contributed by atoms with Gasteiger partial charge in [-0.25, -0.2) is 27.6 Å². The van der Waals surface area contributed by atoms with Crippen LogP contribution >= 0.6 is 135 Å². The zero-order chi connectivity index (χ0) is 81.1. The van der Waals surface area contributed by atoms with Gasteiger partial charge in [-0.15, -0.1) is 0 Å². The number of phosphoric acid groups is 6. The second kappa shape index (κ2) is 58.0. The maximum Gasteiger partial charge on any atom is 0.664 e. The number of methoxy groups -OCH3 is 1. The van der Waals surface area contributed by atoms with Gasteiger partial charge in [-0.1, -0.05) is 93.8 Å². The highest BCUT2D eigenvalue weighted by Crippen LogP contribution is 2.55. The monoisotopic (exact) mass is 1740 g/mol. The van der Waals surface area contributed by atoms with Crippen LogP contribution in [0.4, 0.5) is 0 Å². The minimum Gasteiger partial charge on any atom is -0.466 e. The molecule has 50 heteroatoms. The van der Waals surface area contributed by atoms with Crippen molar-refractivity contribution in [3.8, 4) is 25.1 Å². The molecule has 0 saturated carbocycles. The van der Waals surface area contributed by atoms with Gasteiger partial charge in [0.1, 0.15) is 51.0 Å². The zero-order valence-electron chi connectivity index (χ0n) is 59.5. The molecule has 0 aliphatic heterocycles. The first-order valence-electron chi connectivity index (χ1n) is 26.8. The van der Waals surface area contributed by atoms with Gasteiger partial charge >= 0.3 is 59.6 Å². The zero-order valence-corrected chi connectivity index (χ0v) is 71.1. The van der Waals surface area contributed by atoms with E-state index in [1.807, 2.05) is 13.8 Å². The van der Waals surface area contributed by atoms with Gasteiger partial charge in [0, 0.05) is 149 Å². The SMILES string of the molecule is C#COP(=O)(OC#C)O/C(=C\Cl)c1ccc(Cl)cc1Cl.CCN(CC)C(=O)/C(Cl)=C(/C)OP(=O)(OC)OC.CNC(=O)/C=C(/C)OP(=O)(OC)OC.COC(=O)/C=C(/C)OP(=O)(OC)OC.COP(=O)(NC(C)=O)SC.COP(=O)(OC)O/C(C)=C/C(=O)N(C)C.COP(=O)(OC)OC=C(Cl)Cl.[HH]. The third kappa shape index (κ3) is 50.3. The Hall–Kier alpha value is -4.21. The summed E-state index contributed by atoms with van der Waals surface area (Å²) in [5, 5.41) is 5.02. The average Bonchev–Trinajstić information content (AvgIpc) is 0.833. The van der Waals surface area contributed by atoms with E-state index in [0.717, 1.165) is 35.3 Å². The Morgan fingerprint density at radius 2 is 0.980 bits per heavy atom. The number of amides is 4. The van der Waals surface area contributed by atoms with Crippen molar-refractivity contribution < 1.29 is 148 Å². The molecule has 1 aromatic rings. The summed E-state index contributed by atoms with van der Waals surface area (Å²) in [6.07, 6.45) is 19.0. The van der Waals surface area contributed by atoms with E-state index in [1.165, 1.54) is 161 Å². The van der Waals surface area contributed by atoms with Crippen LogP contribution in [0.1, 0.15) is 55.5 Å². The minimum absolute atomic E-state index is 0. The summed E-state index contributed by atoms with van der Waals surface area (Å²) in [6.45, 7) is 8.89. The quantitative estimate of drug-likeness (QED) is 0.0213. The molecular formula is C52H87Cl6N4O32P7S. The number of carbonyl (C=O) groups is 5. The first-order chi connectivity index (χ1) is 47.2. The second-order valence-corrected chi connectivity index (χ2v) is 33.9. The fourth-order valence-corrected chi connectivity index (χ4v) is 11.9. The topological polar surface area (TPSA) is 420 Å². The van der Waals surface area contributed by atoms with Crippen molar-refractivity contribution in [1.82, 2.24) is 20.2 Å². The first kappa shape index (κ1) is 109. The molecule has 2 N–H and O–H groups in total. The molecule has 0 radical (unpaired) electrons. The molecule has 0 aliphatic carbocycles. The molecule has 1 unspecified atom stereocenters. The summed E-state index contributed by atoms with van der Waals surface area (Å²) < 4.78 is 172. The summed E-state index contributed by atoms with van der Waals surface area (Å²) in [4.78, 5) is 58.0. The van der Waals surface area contributed by atoms with Gasteiger partial charge in [-0.2, -0.15) is 4.57 Å². The van der Waals surface area contributed by atoms with Crippen molar-refractivity contribution in [2.75, 3.05) is 126 Å². The third-order valence-corrected chi connectivity index (χ3v) is 22.6. The number of ether oxygens (including phenoxy) is 1. The fraction of sp³-hybridized carbons (Fsp3) is 0.481. The van der Waals surface area contributed by atoms with E-state index >= 15 is 0 Å². The number of likely N-dealkylation sites (N-methyl/N-ethyl adjacent to an activating group) is 3. The summed E-state index contributed by atoms with van der Waals surface area (Å²) in [6, 6.07) is 4.47. The van der Waals surface area contributed by atoms with E-state index in [1.54, 1.807) is 32.6 Å². The molecule has 0 bridgehead atoms. The number of hydrogen-bond donors (Lipinski definition) is 2. The molecule has 36 nitrogen and oxygen atoms in total. The smallest absolute Gasteiger partial charge is 0.466 e. The standard InChI is InChI=1S/C12H6Cl3O4P.C10H19ClNO5P.C8H16NO5P.C7H14NO5P.C7H13O6P.C4H7Cl2O4P.C4H10NO3PS.H2/c1-3-17-20(16,18-4-2)19-12(8-13)10-6-5-9(14)7-11(10)15;1-6-12(7-2)10(13)9(11)8(3)17-18(14,15-4)16-5;1-7(6-8(10)9(2)3)14-15(11,12-4)13-5;1-6(5-7(9)8-2)13-14(10,11-3)12-4;1-6(5-7(8)10-2)13-14(9,11-3)12-4;1-8-11(7,9-2)10-3-4(5)6;1-4(6)5-9(7,8-2)10-3;/h1-2,5-8H;6-7H2,1-5H3;6H,1-5H3;5H,1-4H3,(H,8,9);5H,1-4H3;3H,1-2H3;1-3H3,(H,5,6,7);1H/b12-8-;9-8+;7-6+;2*6-5-;;;. The summed E-state index contributed by atoms with van der Waals surface area (Å²) in [7, 11) is -3.04. The number of hydrogen-bond acceptors (Lipinski definition) is 33. The average molecular weight is 1740 g/mol. The number of halogens is 6. The number of carbonyl (C=O) groups excluding carboxylic acids is 5. The maximum atomic E-state index is 12.0. The summed E-state index contributed by atoms with van der Waals surface area (Å²) in [5.74, 6) is -1.69. The summed E-state index contributed by atoms with van der Waals surface area (Å²) in [5.41, 5.74) is 1.27. The molecule has 0 aromatic heterocycles. The lowest BCUT2D eigenvalue weighted by Crippen LogP contribution is -2.31. The molecule has 0 aliphatic rings. The van der Waals surface area contributed by atoms with Gasteiger partial charge in [0.15, 0.2) is 5.76 Å². The Morgan fingerprint density at radius 3 is 1.27 bits per heavy atom. The fourth-order valence-electron chi connectivity index (χ4n) is 4.74. The van der Waals surface area contributed by atoms with Gasteiger partial charge < -0.3 is 60.6 Å². The second-order valence-electron chi connectivity index (χ2n) is 16.5. The van der Waals surface area contributed by atoms with Gasteiger partial charge in [0.05, 0.1) is 18.2 Å². The maximum absolute atomic E-state index is 12.0. The van der Waals surface area contributed by atoms with Crippen LogP contribution in [0.15, 0.2) is 80.8 Å². The Kier molecular flexibility index (Phi) is 61.8.